The van der Waals surface area contributed by atoms with Crippen LogP contribution in [-0.2, 0) is 0 Å². The molecule has 100 valence electrons. The van der Waals surface area contributed by atoms with Crippen molar-refractivity contribution < 1.29 is 9.53 Å². The summed E-state index contributed by atoms with van der Waals surface area (Å²) >= 11 is 0. The normalized spacial score (nSPS) is 10.2. The summed E-state index contributed by atoms with van der Waals surface area (Å²) in [5.74, 6) is 0.490. The Hall–Kier alpha value is -2.95. The molecular weight excluding hydrogens is 254 g/mol. The van der Waals surface area contributed by atoms with E-state index >= 15 is 0 Å². The van der Waals surface area contributed by atoms with Crippen LogP contribution < -0.4 is 15.7 Å². The van der Waals surface area contributed by atoms with Gasteiger partial charge in [0.2, 0.25) is 0 Å². The number of fused-ring (bicyclic) bond motifs is 1. The third kappa shape index (κ3) is 2.56. The molecule has 0 aliphatic rings. The summed E-state index contributed by atoms with van der Waals surface area (Å²) in [5.41, 5.74) is 6.22. The van der Waals surface area contributed by atoms with Crippen molar-refractivity contribution in [2.24, 2.45) is 0 Å². The monoisotopic (exact) mass is 267 g/mol. The molecule has 1 heterocycles. The number of carbonyl (C=O) groups excluding carboxylic acids is 1. The van der Waals surface area contributed by atoms with E-state index in [0.717, 1.165) is 10.9 Å². The van der Waals surface area contributed by atoms with E-state index in [1.165, 1.54) is 0 Å². The predicted octanol–water partition coefficient (Wildman–Crippen LogP) is 2.89. The van der Waals surface area contributed by atoms with Crippen molar-refractivity contribution in [3.63, 3.8) is 0 Å². The molecule has 0 aliphatic carbocycles. The van der Waals surface area contributed by atoms with Crippen molar-refractivity contribution in [3.05, 3.63) is 66.9 Å². The highest BCUT2D eigenvalue weighted by molar-refractivity contribution is 5.80. The second-order valence-corrected chi connectivity index (χ2v) is 4.18. The molecule has 0 bridgehead atoms. The molecule has 0 aliphatic heterocycles. The summed E-state index contributed by atoms with van der Waals surface area (Å²) in [4.78, 5) is 11.6. The van der Waals surface area contributed by atoms with Gasteiger partial charge in [0, 0.05) is 11.6 Å². The number of carbonyl (C=O) groups is 1. The van der Waals surface area contributed by atoms with E-state index < -0.39 is 6.09 Å². The molecule has 0 saturated heterocycles. The Morgan fingerprint density at radius 1 is 0.950 bits per heavy atom. The molecule has 0 saturated carbocycles. The third-order valence-corrected chi connectivity index (χ3v) is 2.83. The molecule has 0 atom stereocenters. The minimum absolute atomic E-state index is 0.490. The lowest BCUT2D eigenvalue weighted by atomic mass is 10.3. The van der Waals surface area contributed by atoms with Gasteiger partial charge in [0.15, 0.2) is 0 Å². The molecule has 2 aromatic carbocycles. The van der Waals surface area contributed by atoms with Gasteiger partial charge in [0.05, 0.1) is 5.52 Å². The number of hydrogen-bond acceptors (Lipinski definition) is 3. The molecule has 5 heteroatoms. The van der Waals surface area contributed by atoms with Gasteiger partial charge in [0.1, 0.15) is 5.75 Å². The second kappa shape index (κ2) is 5.36. The third-order valence-electron chi connectivity index (χ3n) is 2.83. The fourth-order valence-electron chi connectivity index (χ4n) is 1.91. The zero-order valence-corrected chi connectivity index (χ0v) is 10.6. The Bertz CT molecular complexity index is 722. The van der Waals surface area contributed by atoms with Gasteiger partial charge in [-0.25, -0.2) is 20.4 Å². The van der Waals surface area contributed by atoms with E-state index in [1.807, 2.05) is 42.6 Å². The van der Waals surface area contributed by atoms with Gasteiger partial charge in [-0.05, 0) is 24.3 Å². The number of amides is 1. The van der Waals surface area contributed by atoms with E-state index in [9.17, 15) is 4.79 Å². The first kappa shape index (κ1) is 12.1. The van der Waals surface area contributed by atoms with E-state index in [1.54, 1.807) is 28.9 Å². The highest BCUT2D eigenvalue weighted by atomic mass is 16.6. The van der Waals surface area contributed by atoms with Crippen LogP contribution in [0.4, 0.5) is 4.79 Å². The van der Waals surface area contributed by atoms with Gasteiger partial charge in [-0.2, -0.15) is 0 Å². The molecule has 0 unspecified atom stereocenters. The lowest BCUT2D eigenvalue weighted by molar-refractivity contribution is 0.201. The summed E-state index contributed by atoms with van der Waals surface area (Å²) in [7, 11) is 0. The van der Waals surface area contributed by atoms with Gasteiger partial charge < -0.3 is 4.74 Å². The highest BCUT2D eigenvalue weighted by Gasteiger charge is 2.04. The van der Waals surface area contributed by atoms with Crippen LogP contribution in [0.5, 0.6) is 5.75 Å². The van der Waals surface area contributed by atoms with Crippen LogP contribution >= 0.6 is 0 Å². The van der Waals surface area contributed by atoms with Crippen molar-refractivity contribution in [1.82, 2.24) is 10.1 Å². The van der Waals surface area contributed by atoms with Crippen LogP contribution in [0.3, 0.4) is 0 Å². The lowest BCUT2D eigenvalue weighted by Crippen LogP contribution is -2.37. The molecule has 3 aromatic rings. The fraction of sp³-hybridized carbons (Fsp3) is 0. The first-order chi connectivity index (χ1) is 9.83. The molecule has 2 N–H and O–H groups in total. The number of hydrazine groups is 1. The van der Waals surface area contributed by atoms with Crippen LogP contribution in [0.25, 0.3) is 10.9 Å². The number of nitrogens with one attached hydrogen (secondary N) is 2. The minimum atomic E-state index is -0.575. The highest BCUT2D eigenvalue weighted by Crippen LogP contribution is 2.13. The van der Waals surface area contributed by atoms with Crippen LogP contribution in [-0.4, -0.2) is 10.8 Å². The number of aromatic nitrogens is 1. The standard InChI is InChI=1S/C15H13N3O2/c19-15(20-13-7-2-1-3-8-13)16-17-18-11-10-12-6-4-5-9-14(12)18/h1-11,17H,(H,16,19). The Morgan fingerprint density at radius 2 is 1.70 bits per heavy atom. The van der Waals surface area contributed by atoms with Crippen LogP contribution in [0.15, 0.2) is 66.9 Å². The molecule has 0 fully saturated rings. The zero-order chi connectivity index (χ0) is 13.8. The molecule has 0 spiro atoms. The van der Waals surface area contributed by atoms with E-state index in [0.29, 0.717) is 5.75 Å². The summed E-state index contributed by atoms with van der Waals surface area (Å²) in [6.07, 6.45) is 1.25. The van der Waals surface area contributed by atoms with E-state index in [2.05, 4.69) is 11.0 Å². The van der Waals surface area contributed by atoms with Crippen molar-refractivity contribution in [1.29, 1.82) is 0 Å². The molecule has 3 rings (SSSR count). The topological polar surface area (TPSA) is 55.3 Å². The number of ether oxygens (including phenoxy) is 1. The number of rotatable bonds is 3. The first-order valence-electron chi connectivity index (χ1n) is 6.18. The smallest absolute Gasteiger partial charge is 0.409 e. The fourth-order valence-corrected chi connectivity index (χ4v) is 1.91. The lowest BCUT2D eigenvalue weighted by Gasteiger charge is -2.10. The Labute approximate surface area is 115 Å². The Balaban J connectivity index is 1.63. The molecular formula is C15H13N3O2. The number of hydrogen-bond donors (Lipinski definition) is 2. The number of nitrogens with zero attached hydrogens (tertiary/aromatic N) is 1. The summed E-state index contributed by atoms with van der Waals surface area (Å²) in [6, 6.07) is 18.7. The van der Waals surface area contributed by atoms with E-state index in [-0.39, 0.29) is 0 Å². The average Bonchev–Trinajstić information content (AvgIpc) is 2.89. The summed E-state index contributed by atoms with van der Waals surface area (Å²) in [6.45, 7) is 0. The van der Waals surface area contributed by atoms with Gasteiger partial charge in [-0.3, -0.25) is 0 Å². The van der Waals surface area contributed by atoms with Crippen LogP contribution in [0.2, 0.25) is 0 Å². The van der Waals surface area contributed by atoms with Crippen molar-refractivity contribution in [2.45, 2.75) is 0 Å². The average molecular weight is 267 g/mol. The molecule has 5 nitrogen and oxygen atoms in total. The van der Waals surface area contributed by atoms with Crippen molar-refractivity contribution in [2.75, 3.05) is 5.53 Å². The first-order valence-corrected chi connectivity index (χ1v) is 6.18. The molecule has 0 radical (unpaired) electrons. The largest absolute Gasteiger partial charge is 0.432 e. The second-order valence-electron chi connectivity index (χ2n) is 4.18. The zero-order valence-electron chi connectivity index (χ0n) is 10.6. The summed E-state index contributed by atoms with van der Waals surface area (Å²) in [5, 5.41) is 1.08. The van der Waals surface area contributed by atoms with Gasteiger partial charge in [-0.15, -0.1) is 0 Å². The number of benzene rings is 2. The van der Waals surface area contributed by atoms with Gasteiger partial charge >= 0.3 is 6.09 Å². The van der Waals surface area contributed by atoms with Crippen molar-refractivity contribution >= 4 is 17.0 Å². The quantitative estimate of drug-likeness (QED) is 0.717. The SMILES string of the molecule is O=C(NNn1ccc2ccccc21)Oc1ccccc1. The Morgan fingerprint density at radius 3 is 2.55 bits per heavy atom. The minimum Gasteiger partial charge on any atom is -0.409 e. The van der Waals surface area contributed by atoms with Crippen molar-refractivity contribution in [3.8, 4) is 5.75 Å². The molecule has 20 heavy (non-hydrogen) atoms. The molecule has 1 aromatic heterocycles. The predicted molar refractivity (Wildman–Crippen MR) is 76.9 cm³/mol. The Kier molecular flexibility index (Phi) is 3.24. The maximum atomic E-state index is 11.6. The maximum Gasteiger partial charge on any atom is 0.432 e. The number of para-hydroxylation sites is 2. The van der Waals surface area contributed by atoms with Crippen LogP contribution in [0, 0.1) is 0 Å². The van der Waals surface area contributed by atoms with Crippen LogP contribution in [0.1, 0.15) is 0 Å². The maximum absolute atomic E-state index is 11.6. The summed E-state index contributed by atoms with van der Waals surface area (Å²) < 4.78 is 6.81. The molecule has 1 amide bonds. The van der Waals surface area contributed by atoms with Gasteiger partial charge in [-0.1, -0.05) is 36.4 Å². The van der Waals surface area contributed by atoms with E-state index in [4.69, 9.17) is 4.74 Å². The van der Waals surface area contributed by atoms with Gasteiger partial charge in [0.25, 0.3) is 0 Å².